The Kier molecular flexibility index (Phi) is 3.91. The van der Waals surface area contributed by atoms with E-state index in [1.807, 2.05) is 0 Å². The summed E-state index contributed by atoms with van der Waals surface area (Å²) < 4.78 is 12.6. The minimum absolute atomic E-state index is 0.00804. The van der Waals surface area contributed by atoms with E-state index in [1.54, 1.807) is 0 Å². The molecule has 1 aliphatic rings. The molecule has 0 saturated carbocycles. The molecule has 0 radical (unpaired) electrons. The zero-order valence-corrected chi connectivity index (χ0v) is 11.5. The molecule has 22 heavy (non-hydrogen) atoms. The van der Waals surface area contributed by atoms with Crippen molar-refractivity contribution in [2.24, 2.45) is 0 Å². The maximum absolute atomic E-state index is 10.4. The number of aliphatic hydroxyl groups excluding tert-OH is 2. The van der Waals surface area contributed by atoms with Gasteiger partial charge in [0.25, 0.3) is 0 Å². The van der Waals surface area contributed by atoms with Crippen molar-refractivity contribution in [1.82, 2.24) is 19.5 Å². The first-order valence-corrected chi connectivity index (χ1v) is 6.59. The summed E-state index contributed by atoms with van der Waals surface area (Å²) in [6, 6.07) is 0. The molecule has 9 nitrogen and oxygen atoms in total. The van der Waals surface area contributed by atoms with Gasteiger partial charge in [0.1, 0.15) is 36.8 Å². The number of terminal acetylenes is 1. The summed E-state index contributed by atoms with van der Waals surface area (Å²) in [4.78, 5) is 12.1. The number of anilines is 1. The van der Waals surface area contributed by atoms with Gasteiger partial charge in [-0.15, -0.1) is 6.42 Å². The van der Waals surface area contributed by atoms with Crippen LogP contribution in [0.25, 0.3) is 11.2 Å². The number of nitrogens with two attached hydrogens (primary N) is 1. The standard InChI is InChI=1S/C13H15N5O4/c1-2-3-21-10-7(4-19)22-13(9(10)20)18-6-17-8-11(14)15-5-16-12(8)18/h1,5-7,9-10,13,19-20H,3-4H2,(H2,14,15,16)/t7-,9-,10-,13-/m1/s1. The molecule has 0 unspecified atom stereocenters. The molecule has 0 aromatic carbocycles. The van der Waals surface area contributed by atoms with Crippen molar-refractivity contribution >= 4 is 17.0 Å². The molecule has 1 fully saturated rings. The van der Waals surface area contributed by atoms with Gasteiger partial charge in [-0.05, 0) is 0 Å². The molecule has 0 bridgehead atoms. The van der Waals surface area contributed by atoms with E-state index in [-0.39, 0.29) is 19.0 Å². The van der Waals surface area contributed by atoms with Crippen LogP contribution in [0.5, 0.6) is 0 Å². The van der Waals surface area contributed by atoms with Crippen molar-refractivity contribution in [3.05, 3.63) is 12.7 Å². The second kappa shape index (κ2) is 5.86. The third-order valence-corrected chi connectivity index (χ3v) is 3.51. The monoisotopic (exact) mass is 305 g/mol. The molecule has 4 N–H and O–H groups in total. The molecule has 0 spiro atoms. The van der Waals surface area contributed by atoms with Gasteiger partial charge >= 0.3 is 0 Å². The first-order valence-electron chi connectivity index (χ1n) is 6.59. The summed E-state index contributed by atoms with van der Waals surface area (Å²) >= 11 is 0. The van der Waals surface area contributed by atoms with Gasteiger partial charge in [-0.1, -0.05) is 5.92 Å². The second-order valence-corrected chi connectivity index (χ2v) is 4.80. The zero-order valence-electron chi connectivity index (χ0n) is 11.5. The van der Waals surface area contributed by atoms with Crippen molar-refractivity contribution in [3.63, 3.8) is 0 Å². The van der Waals surface area contributed by atoms with Crippen molar-refractivity contribution in [3.8, 4) is 12.3 Å². The Bertz CT molecular complexity index is 712. The van der Waals surface area contributed by atoms with Crippen molar-refractivity contribution < 1.29 is 19.7 Å². The number of ether oxygens (including phenoxy) is 2. The summed E-state index contributed by atoms with van der Waals surface area (Å²) in [7, 11) is 0. The number of hydrogen-bond donors (Lipinski definition) is 3. The summed E-state index contributed by atoms with van der Waals surface area (Å²) in [6.45, 7) is -0.305. The number of nitrogens with zero attached hydrogens (tertiary/aromatic N) is 4. The normalized spacial score (nSPS) is 28.0. The highest BCUT2D eigenvalue weighted by atomic mass is 16.6. The van der Waals surface area contributed by atoms with Gasteiger partial charge in [-0.2, -0.15) is 0 Å². The van der Waals surface area contributed by atoms with E-state index in [4.69, 9.17) is 21.6 Å². The van der Waals surface area contributed by atoms with Crippen LogP contribution >= 0.6 is 0 Å². The Labute approximate surface area is 125 Å². The summed E-state index contributed by atoms with van der Waals surface area (Å²) in [6.07, 6.45) is 4.58. The lowest BCUT2D eigenvalue weighted by molar-refractivity contribution is -0.0560. The number of imidazole rings is 1. The SMILES string of the molecule is C#CCO[C@H]1[C@@H](O)[C@H](n2cnc3c(N)ncnc32)O[C@@H]1CO. The molecule has 0 aliphatic carbocycles. The fourth-order valence-electron chi connectivity index (χ4n) is 2.50. The van der Waals surface area contributed by atoms with Gasteiger partial charge in [-0.3, -0.25) is 4.57 Å². The van der Waals surface area contributed by atoms with Crippen LogP contribution in [0.4, 0.5) is 5.82 Å². The quantitative estimate of drug-likeness (QED) is 0.593. The topological polar surface area (TPSA) is 129 Å². The number of aromatic nitrogens is 4. The lowest BCUT2D eigenvalue weighted by Crippen LogP contribution is -2.36. The van der Waals surface area contributed by atoms with E-state index in [9.17, 15) is 10.2 Å². The van der Waals surface area contributed by atoms with Gasteiger partial charge in [0.05, 0.1) is 12.9 Å². The smallest absolute Gasteiger partial charge is 0.167 e. The predicted molar refractivity (Wildman–Crippen MR) is 75.3 cm³/mol. The Balaban J connectivity index is 1.94. The molecule has 1 aliphatic heterocycles. The maximum atomic E-state index is 10.4. The number of fused-ring (bicyclic) bond motifs is 1. The van der Waals surface area contributed by atoms with Crippen LogP contribution in [0.3, 0.4) is 0 Å². The van der Waals surface area contributed by atoms with Crippen molar-refractivity contribution in [1.29, 1.82) is 0 Å². The zero-order chi connectivity index (χ0) is 15.7. The van der Waals surface area contributed by atoms with Crippen LogP contribution in [0, 0.1) is 12.3 Å². The fourth-order valence-corrected chi connectivity index (χ4v) is 2.50. The number of hydrogen-bond acceptors (Lipinski definition) is 8. The molecule has 0 amide bonds. The predicted octanol–water partition coefficient (Wildman–Crippen LogP) is -1.32. The average molecular weight is 305 g/mol. The van der Waals surface area contributed by atoms with Gasteiger partial charge in [-0.25, -0.2) is 15.0 Å². The molecule has 3 heterocycles. The molecule has 3 rings (SSSR count). The van der Waals surface area contributed by atoms with Crippen molar-refractivity contribution in [2.45, 2.75) is 24.5 Å². The fraction of sp³-hybridized carbons (Fsp3) is 0.462. The van der Waals surface area contributed by atoms with E-state index < -0.39 is 24.5 Å². The molecule has 1 saturated heterocycles. The Hall–Kier alpha value is -2.25. The molecule has 9 heteroatoms. The summed E-state index contributed by atoms with van der Waals surface area (Å²) in [5, 5.41) is 19.8. The Morgan fingerprint density at radius 3 is 3.00 bits per heavy atom. The minimum Gasteiger partial charge on any atom is -0.394 e. The summed E-state index contributed by atoms with van der Waals surface area (Å²) in [5.41, 5.74) is 6.56. The van der Waals surface area contributed by atoms with Crippen LogP contribution in [0.15, 0.2) is 12.7 Å². The maximum Gasteiger partial charge on any atom is 0.167 e. The molecular formula is C13H15N5O4. The van der Waals surface area contributed by atoms with Crippen LogP contribution in [0.2, 0.25) is 0 Å². The van der Waals surface area contributed by atoms with E-state index >= 15 is 0 Å². The molecule has 116 valence electrons. The van der Waals surface area contributed by atoms with Crippen LogP contribution in [-0.2, 0) is 9.47 Å². The minimum atomic E-state index is -1.04. The van der Waals surface area contributed by atoms with Crippen LogP contribution < -0.4 is 5.73 Å². The first kappa shape index (κ1) is 14.7. The lowest BCUT2D eigenvalue weighted by atomic mass is 10.1. The molecule has 4 atom stereocenters. The first-order chi connectivity index (χ1) is 10.7. The van der Waals surface area contributed by atoms with Crippen molar-refractivity contribution in [2.75, 3.05) is 18.9 Å². The van der Waals surface area contributed by atoms with Gasteiger partial charge in [0.15, 0.2) is 17.7 Å². The van der Waals surface area contributed by atoms with E-state index in [0.29, 0.717) is 11.2 Å². The van der Waals surface area contributed by atoms with E-state index in [0.717, 1.165) is 0 Å². The average Bonchev–Trinajstić information content (AvgIpc) is 3.07. The highest BCUT2D eigenvalue weighted by Gasteiger charge is 2.45. The van der Waals surface area contributed by atoms with Gasteiger partial charge < -0.3 is 25.4 Å². The lowest BCUT2D eigenvalue weighted by Gasteiger charge is -2.18. The number of rotatable bonds is 4. The molecule has 2 aromatic rings. The van der Waals surface area contributed by atoms with Crippen LogP contribution in [-0.4, -0.2) is 61.3 Å². The van der Waals surface area contributed by atoms with Gasteiger partial charge in [0, 0.05) is 0 Å². The number of nitrogen functional groups attached to an aromatic ring is 1. The third-order valence-electron chi connectivity index (χ3n) is 3.51. The largest absolute Gasteiger partial charge is 0.394 e. The Morgan fingerprint density at radius 1 is 1.45 bits per heavy atom. The number of aliphatic hydroxyl groups is 2. The highest BCUT2D eigenvalue weighted by Crippen LogP contribution is 2.33. The van der Waals surface area contributed by atoms with E-state index in [1.165, 1.54) is 17.2 Å². The molecular weight excluding hydrogens is 290 g/mol. The third kappa shape index (κ3) is 2.28. The van der Waals surface area contributed by atoms with Gasteiger partial charge in [0.2, 0.25) is 0 Å². The van der Waals surface area contributed by atoms with E-state index in [2.05, 4.69) is 20.9 Å². The molecule has 2 aromatic heterocycles. The second-order valence-electron chi connectivity index (χ2n) is 4.80. The Morgan fingerprint density at radius 2 is 2.27 bits per heavy atom. The summed E-state index contributed by atoms with van der Waals surface area (Å²) in [5.74, 6) is 2.55. The van der Waals surface area contributed by atoms with Crippen LogP contribution in [0.1, 0.15) is 6.23 Å². The highest BCUT2D eigenvalue weighted by molar-refractivity contribution is 5.81.